The van der Waals surface area contributed by atoms with Gasteiger partial charge in [-0.2, -0.15) is 0 Å². The van der Waals surface area contributed by atoms with Crippen LogP contribution in [-0.2, 0) is 13.3 Å². The number of hydrogen-bond acceptors (Lipinski definition) is 5. The Kier molecular flexibility index (Phi) is 11.8. The van der Waals surface area contributed by atoms with Crippen molar-refractivity contribution in [2.24, 2.45) is 5.73 Å². The molecule has 19 heavy (non-hydrogen) atoms. The lowest BCUT2D eigenvalue weighted by Crippen LogP contribution is -2.46. The van der Waals surface area contributed by atoms with Crippen LogP contribution in [0.2, 0.25) is 6.04 Å². The van der Waals surface area contributed by atoms with Crippen LogP contribution in [0.15, 0.2) is 0 Å². The second-order valence-corrected chi connectivity index (χ2v) is 7.04. The van der Waals surface area contributed by atoms with E-state index in [-0.39, 0.29) is 0 Å². The van der Waals surface area contributed by atoms with Crippen molar-refractivity contribution in [2.45, 2.75) is 40.2 Å². The van der Waals surface area contributed by atoms with Gasteiger partial charge in [-0.1, -0.05) is 6.92 Å². The fraction of sp³-hybridized carbons (Fsp3) is 1.00. The lowest BCUT2D eigenvalue weighted by atomic mass is 10.4. The molecule has 0 aliphatic heterocycles. The third-order valence-electron chi connectivity index (χ3n) is 2.94. The van der Waals surface area contributed by atoms with Crippen molar-refractivity contribution in [3.63, 3.8) is 0 Å². The molecule has 0 unspecified atom stereocenters. The highest BCUT2D eigenvalue weighted by molar-refractivity contribution is 6.60. The van der Waals surface area contributed by atoms with Gasteiger partial charge in [0.1, 0.15) is 0 Å². The lowest BCUT2D eigenvalue weighted by Gasteiger charge is -2.29. The summed E-state index contributed by atoms with van der Waals surface area (Å²) in [6.07, 6.45) is 1.03. The molecule has 5 nitrogen and oxygen atoms in total. The van der Waals surface area contributed by atoms with Crippen molar-refractivity contribution in [2.75, 3.05) is 46.0 Å². The molecule has 0 atom stereocenters. The normalized spacial score (nSPS) is 12.3. The van der Waals surface area contributed by atoms with Gasteiger partial charge in [0, 0.05) is 39.0 Å². The summed E-state index contributed by atoms with van der Waals surface area (Å²) in [5.74, 6) is 0. The molecule has 0 saturated heterocycles. The summed E-state index contributed by atoms with van der Waals surface area (Å²) >= 11 is 0. The highest BCUT2D eigenvalue weighted by Gasteiger charge is 2.39. The van der Waals surface area contributed by atoms with Crippen LogP contribution in [0.25, 0.3) is 0 Å². The van der Waals surface area contributed by atoms with Crippen LogP contribution < -0.4 is 5.73 Å². The van der Waals surface area contributed by atoms with E-state index in [0.29, 0.717) is 26.4 Å². The molecule has 116 valence electrons. The van der Waals surface area contributed by atoms with Crippen molar-refractivity contribution in [1.29, 1.82) is 0 Å². The lowest BCUT2D eigenvalue weighted by molar-refractivity contribution is 0.0700. The maximum absolute atomic E-state index is 5.84. The molecule has 0 rings (SSSR count). The summed E-state index contributed by atoms with van der Waals surface area (Å²) in [6.45, 7) is 13.8. The second kappa shape index (κ2) is 11.8. The molecule has 0 amide bonds. The van der Waals surface area contributed by atoms with Gasteiger partial charge >= 0.3 is 8.80 Å². The van der Waals surface area contributed by atoms with Crippen molar-refractivity contribution in [3.05, 3.63) is 0 Å². The molecule has 0 fully saturated rings. The fourth-order valence-electron chi connectivity index (χ4n) is 2.13. The Balaban J connectivity index is 4.29. The average Bonchev–Trinajstić information content (AvgIpc) is 2.38. The number of hydrogen-bond donors (Lipinski definition) is 1. The predicted octanol–water partition coefficient (Wildman–Crippen LogP) is 1.71. The van der Waals surface area contributed by atoms with E-state index in [1.165, 1.54) is 0 Å². The van der Waals surface area contributed by atoms with Crippen LogP contribution in [0.5, 0.6) is 0 Å². The van der Waals surface area contributed by atoms with E-state index in [0.717, 1.165) is 32.1 Å². The summed E-state index contributed by atoms with van der Waals surface area (Å²) in [7, 11) is -2.46. The second-order valence-electron chi connectivity index (χ2n) is 4.31. The SMILES string of the molecule is CCO[Si](CCCN(CC)CCN)(OCC)OCC. The maximum Gasteiger partial charge on any atom is 0.500 e. The van der Waals surface area contributed by atoms with Gasteiger partial charge in [-0.15, -0.1) is 0 Å². The molecule has 2 N–H and O–H groups in total. The summed E-state index contributed by atoms with van der Waals surface area (Å²) in [5.41, 5.74) is 5.60. The van der Waals surface area contributed by atoms with E-state index in [2.05, 4.69) is 11.8 Å². The molecule has 0 aromatic rings. The molecule has 0 aliphatic carbocycles. The quantitative estimate of drug-likeness (QED) is 0.524. The van der Waals surface area contributed by atoms with Gasteiger partial charge in [-0.3, -0.25) is 0 Å². The van der Waals surface area contributed by atoms with Crippen molar-refractivity contribution in [1.82, 2.24) is 4.90 Å². The summed E-state index contributed by atoms with van der Waals surface area (Å²) < 4.78 is 17.5. The fourth-order valence-corrected chi connectivity index (χ4v) is 4.72. The van der Waals surface area contributed by atoms with Crippen molar-refractivity contribution < 1.29 is 13.3 Å². The molecule has 0 radical (unpaired) electrons. The molecule has 0 aromatic heterocycles. The first-order valence-corrected chi connectivity index (χ1v) is 9.45. The maximum atomic E-state index is 5.84. The van der Waals surface area contributed by atoms with E-state index in [4.69, 9.17) is 19.0 Å². The van der Waals surface area contributed by atoms with Gasteiger partial charge in [0.15, 0.2) is 0 Å². The van der Waals surface area contributed by atoms with Crippen LogP contribution in [0.3, 0.4) is 0 Å². The van der Waals surface area contributed by atoms with Crippen LogP contribution in [0.4, 0.5) is 0 Å². The zero-order chi connectivity index (χ0) is 14.6. The van der Waals surface area contributed by atoms with Gasteiger partial charge in [-0.05, 0) is 40.3 Å². The zero-order valence-corrected chi connectivity index (χ0v) is 14.1. The van der Waals surface area contributed by atoms with Gasteiger partial charge in [0.25, 0.3) is 0 Å². The molecule has 0 saturated carbocycles. The highest BCUT2D eigenvalue weighted by Crippen LogP contribution is 2.18. The van der Waals surface area contributed by atoms with E-state index in [1.54, 1.807) is 0 Å². The number of nitrogens with zero attached hydrogens (tertiary/aromatic N) is 1. The van der Waals surface area contributed by atoms with Gasteiger partial charge in [0.05, 0.1) is 0 Å². The first-order valence-electron chi connectivity index (χ1n) is 7.52. The third-order valence-corrected chi connectivity index (χ3v) is 6.09. The van der Waals surface area contributed by atoms with Crippen LogP contribution in [0.1, 0.15) is 34.1 Å². The minimum Gasteiger partial charge on any atom is -0.374 e. The molecule has 0 aliphatic rings. The summed E-state index contributed by atoms with van der Waals surface area (Å²) in [4.78, 5) is 2.35. The monoisotopic (exact) mass is 292 g/mol. The Bertz CT molecular complexity index is 191. The van der Waals surface area contributed by atoms with Crippen LogP contribution in [0, 0.1) is 0 Å². The molecule has 6 heteroatoms. The predicted molar refractivity (Wildman–Crippen MR) is 81.2 cm³/mol. The summed E-state index contributed by atoms with van der Waals surface area (Å²) in [6, 6.07) is 0.879. The van der Waals surface area contributed by atoms with Crippen LogP contribution in [-0.4, -0.2) is 59.7 Å². The first kappa shape index (κ1) is 19.0. The van der Waals surface area contributed by atoms with Crippen LogP contribution >= 0.6 is 0 Å². The first-order chi connectivity index (χ1) is 9.17. The number of rotatable bonds is 13. The molecular formula is C13H32N2O3Si. The molecule has 0 bridgehead atoms. The smallest absolute Gasteiger partial charge is 0.374 e. The minimum absolute atomic E-state index is 0.645. The Morgan fingerprint density at radius 1 is 0.895 bits per heavy atom. The van der Waals surface area contributed by atoms with Gasteiger partial charge in [-0.25, -0.2) is 0 Å². The van der Waals surface area contributed by atoms with Crippen molar-refractivity contribution >= 4 is 8.80 Å². The molecule has 0 spiro atoms. The third kappa shape index (κ3) is 8.01. The van der Waals surface area contributed by atoms with E-state index >= 15 is 0 Å². The average molecular weight is 292 g/mol. The van der Waals surface area contributed by atoms with E-state index in [1.807, 2.05) is 20.8 Å². The number of nitrogens with two attached hydrogens (primary N) is 1. The highest BCUT2D eigenvalue weighted by atomic mass is 28.4. The standard InChI is InChI=1S/C13H32N2O3Si/c1-5-15(12-10-14)11-9-13-19(16-6-2,17-7-3)18-8-4/h5-14H2,1-4H3. The molecule has 0 heterocycles. The Morgan fingerprint density at radius 3 is 1.79 bits per heavy atom. The molecular weight excluding hydrogens is 260 g/mol. The van der Waals surface area contributed by atoms with Crippen molar-refractivity contribution in [3.8, 4) is 0 Å². The number of likely N-dealkylation sites (N-methyl/N-ethyl adjacent to an activating group) is 1. The molecule has 0 aromatic carbocycles. The minimum atomic E-state index is -2.46. The van der Waals surface area contributed by atoms with Gasteiger partial charge in [0.2, 0.25) is 0 Å². The van der Waals surface area contributed by atoms with Gasteiger partial charge < -0.3 is 23.9 Å². The largest absolute Gasteiger partial charge is 0.500 e. The van der Waals surface area contributed by atoms with E-state index < -0.39 is 8.80 Å². The Labute approximate surface area is 119 Å². The Morgan fingerprint density at radius 2 is 1.42 bits per heavy atom. The van der Waals surface area contributed by atoms with E-state index in [9.17, 15) is 0 Å². The zero-order valence-electron chi connectivity index (χ0n) is 13.1. The topological polar surface area (TPSA) is 57.0 Å². The Hall–Kier alpha value is 0.0169. The summed E-state index contributed by atoms with van der Waals surface area (Å²) in [5, 5.41) is 0.